The summed E-state index contributed by atoms with van der Waals surface area (Å²) in [6.07, 6.45) is 5.76. The molecule has 0 aromatic carbocycles. The summed E-state index contributed by atoms with van der Waals surface area (Å²) in [4.78, 5) is 32.7. The number of carbonyl (C=O) groups excluding carboxylic acids is 2. The molecule has 2 atom stereocenters. The topological polar surface area (TPSA) is 93.2 Å². The van der Waals surface area contributed by atoms with E-state index >= 15 is 0 Å². The Bertz CT molecular complexity index is 733. The number of thiophene rings is 1. The summed E-state index contributed by atoms with van der Waals surface area (Å²) in [7, 11) is 0. The third-order valence-corrected chi connectivity index (χ3v) is 5.07. The number of nitrogens with one attached hydrogen (secondary N) is 2. The standard InChI is InChI=1S/C16H20N4O3S/c1-10-4-2-3-5-12(10)19-16(22)20-13(21)8-23-14-11-6-7-24-15(11)18-9-17-14/h6-7,9-10,12H,2-5,8H2,1H3,(H2,19,20,21,22). The number of ether oxygens (including phenoxy) is 1. The van der Waals surface area contributed by atoms with Crippen LogP contribution in [0, 0.1) is 5.92 Å². The summed E-state index contributed by atoms with van der Waals surface area (Å²) in [6.45, 7) is 1.85. The van der Waals surface area contributed by atoms with Gasteiger partial charge in [0, 0.05) is 6.04 Å². The Morgan fingerprint density at radius 3 is 3.00 bits per heavy atom. The van der Waals surface area contributed by atoms with Crippen molar-refractivity contribution in [3.8, 4) is 5.88 Å². The second-order valence-electron chi connectivity index (χ2n) is 6.00. The number of hydrogen-bond donors (Lipinski definition) is 2. The Kier molecular flexibility index (Phi) is 5.24. The lowest BCUT2D eigenvalue weighted by Crippen LogP contribution is -2.48. The highest BCUT2D eigenvalue weighted by molar-refractivity contribution is 7.16. The number of rotatable bonds is 4. The van der Waals surface area contributed by atoms with Crippen LogP contribution in [0.15, 0.2) is 17.8 Å². The lowest BCUT2D eigenvalue weighted by molar-refractivity contribution is -0.122. The monoisotopic (exact) mass is 348 g/mol. The Labute approximate surface area is 143 Å². The molecule has 0 spiro atoms. The van der Waals surface area contributed by atoms with Gasteiger partial charge in [-0.05, 0) is 30.2 Å². The summed E-state index contributed by atoms with van der Waals surface area (Å²) >= 11 is 1.47. The SMILES string of the molecule is CC1CCCCC1NC(=O)NC(=O)COc1ncnc2sccc12. The van der Waals surface area contributed by atoms with Crippen LogP contribution in [0.3, 0.4) is 0 Å². The van der Waals surface area contributed by atoms with Crippen molar-refractivity contribution in [2.75, 3.05) is 6.61 Å². The number of carbonyl (C=O) groups is 2. The fourth-order valence-corrected chi connectivity index (χ4v) is 3.64. The molecule has 0 aliphatic heterocycles. The van der Waals surface area contributed by atoms with Crippen molar-refractivity contribution in [2.45, 2.75) is 38.6 Å². The molecule has 24 heavy (non-hydrogen) atoms. The van der Waals surface area contributed by atoms with E-state index in [1.807, 2.05) is 11.4 Å². The molecule has 1 saturated carbocycles. The van der Waals surface area contributed by atoms with Gasteiger partial charge in [-0.1, -0.05) is 19.8 Å². The summed E-state index contributed by atoms with van der Waals surface area (Å²) in [5.41, 5.74) is 0. The maximum atomic E-state index is 11.9. The van der Waals surface area contributed by atoms with Crippen molar-refractivity contribution in [1.82, 2.24) is 20.6 Å². The first-order valence-electron chi connectivity index (χ1n) is 8.05. The van der Waals surface area contributed by atoms with Crippen molar-refractivity contribution in [2.24, 2.45) is 5.92 Å². The Morgan fingerprint density at radius 2 is 2.17 bits per heavy atom. The van der Waals surface area contributed by atoms with E-state index in [0.717, 1.165) is 29.5 Å². The second kappa shape index (κ2) is 7.57. The summed E-state index contributed by atoms with van der Waals surface area (Å²) < 4.78 is 5.41. The van der Waals surface area contributed by atoms with E-state index in [9.17, 15) is 9.59 Å². The minimum absolute atomic E-state index is 0.125. The summed E-state index contributed by atoms with van der Waals surface area (Å²) in [5.74, 6) is 0.277. The minimum atomic E-state index is -0.502. The number of urea groups is 1. The van der Waals surface area contributed by atoms with Gasteiger partial charge in [-0.25, -0.2) is 14.8 Å². The number of hydrogen-bond acceptors (Lipinski definition) is 6. The first-order valence-corrected chi connectivity index (χ1v) is 8.93. The minimum Gasteiger partial charge on any atom is -0.467 e. The molecule has 2 unspecified atom stereocenters. The molecule has 0 bridgehead atoms. The molecular weight excluding hydrogens is 328 g/mol. The van der Waals surface area contributed by atoms with E-state index in [4.69, 9.17) is 4.74 Å². The van der Waals surface area contributed by atoms with Crippen molar-refractivity contribution in [3.05, 3.63) is 17.8 Å². The maximum Gasteiger partial charge on any atom is 0.321 e. The van der Waals surface area contributed by atoms with Crippen LogP contribution in [0.1, 0.15) is 32.6 Å². The Hall–Kier alpha value is -2.22. The first-order chi connectivity index (χ1) is 11.6. The van der Waals surface area contributed by atoms with Gasteiger partial charge in [0.2, 0.25) is 5.88 Å². The Morgan fingerprint density at radius 1 is 1.33 bits per heavy atom. The average molecular weight is 348 g/mol. The highest BCUT2D eigenvalue weighted by atomic mass is 32.1. The molecule has 3 rings (SSSR count). The van der Waals surface area contributed by atoms with Crippen LogP contribution < -0.4 is 15.4 Å². The molecular formula is C16H20N4O3S. The molecule has 128 valence electrons. The first kappa shape index (κ1) is 16.6. The Balaban J connectivity index is 1.48. The van der Waals surface area contributed by atoms with Crippen molar-refractivity contribution in [3.63, 3.8) is 0 Å². The van der Waals surface area contributed by atoms with Crippen molar-refractivity contribution < 1.29 is 14.3 Å². The molecule has 1 fully saturated rings. The van der Waals surface area contributed by atoms with E-state index in [2.05, 4.69) is 27.5 Å². The predicted octanol–water partition coefficient (Wildman–Crippen LogP) is 2.47. The fraction of sp³-hybridized carbons (Fsp3) is 0.500. The maximum absolute atomic E-state index is 11.9. The van der Waals surface area contributed by atoms with Crippen LogP contribution in [0.5, 0.6) is 5.88 Å². The zero-order valence-corrected chi connectivity index (χ0v) is 14.3. The van der Waals surface area contributed by atoms with Crippen LogP contribution in [0.25, 0.3) is 10.2 Å². The normalized spacial score (nSPS) is 20.5. The molecule has 1 aliphatic rings. The van der Waals surface area contributed by atoms with Gasteiger partial charge in [-0.15, -0.1) is 11.3 Å². The van der Waals surface area contributed by atoms with Crippen LogP contribution in [0.2, 0.25) is 0 Å². The zero-order chi connectivity index (χ0) is 16.9. The number of imide groups is 1. The lowest BCUT2D eigenvalue weighted by atomic mass is 9.86. The molecule has 2 heterocycles. The lowest BCUT2D eigenvalue weighted by Gasteiger charge is -2.29. The number of aromatic nitrogens is 2. The van der Waals surface area contributed by atoms with Gasteiger partial charge in [-0.3, -0.25) is 10.1 Å². The molecule has 1 aliphatic carbocycles. The molecule has 2 aromatic rings. The number of amides is 3. The van der Waals surface area contributed by atoms with Crippen LogP contribution >= 0.6 is 11.3 Å². The molecule has 0 saturated heterocycles. The molecule has 0 radical (unpaired) electrons. The van der Waals surface area contributed by atoms with Gasteiger partial charge < -0.3 is 10.1 Å². The highest BCUT2D eigenvalue weighted by Crippen LogP contribution is 2.25. The van der Waals surface area contributed by atoms with Gasteiger partial charge in [0.05, 0.1) is 5.39 Å². The fourth-order valence-electron chi connectivity index (χ4n) is 2.91. The van der Waals surface area contributed by atoms with Crippen molar-refractivity contribution >= 4 is 33.5 Å². The average Bonchev–Trinajstić information content (AvgIpc) is 3.04. The second-order valence-corrected chi connectivity index (χ2v) is 6.89. The highest BCUT2D eigenvalue weighted by Gasteiger charge is 2.23. The van der Waals surface area contributed by atoms with Crippen LogP contribution in [-0.2, 0) is 4.79 Å². The van der Waals surface area contributed by atoms with E-state index < -0.39 is 11.9 Å². The van der Waals surface area contributed by atoms with Gasteiger partial charge in [0.25, 0.3) is 5.91 Å². The quantitative estimate of drug-likeness (QED) is 0.885. The molecule has 2 aromatic heterocycles. The largest absolute Gasteiger partial charge is 0.467 e. The summed E-state index contributed by atoms with van der Waals surface area (Å²) in [5, 5.41) is 7.82. The molecule has 2 N–H and O–H groups in total. The predicted molar refractivity (Wildman–Crippen MR) is 91.0 cm³/mol. The molecule has 3 amide bonds. The van der Waals surface area contributed by atoms with E-state index in [1.54, 1.807) is 0 Å². The third kappa shape index (κ3) is 4.00. The van der Waals surface area contributed by atoms with Gasteiger partial charge in [0.15, 0.2) is 6.61 Å². The summed E-state index contributed by atoms with van der Waals surface area (Å²) in [6, 6.07) is 1.50. The number of fused-ring (bicyclic) bond motifs is 1. The smallest absolute Gasteiger partial charge is 0.321 e. The van der Waals surface area contributed by atoms with Crippen LogP contribution in [0.4, 0.5) is 4.79 Å². The molecule has 8 heteroatoms. The van der Waals surface area contributed by atoms with E-state index in [1.165, 1.54) is 24.1 Å². The van der Waals surface area contributed by atoms with E-state index in [-0.39, 0.29) is 12.6 Å². The van der Waals surface area contributed by atoms with Gasteiger partial charge in [0.1, 0.15) is 11.2 Å². The third-order valence-electron chi connectivity index (χ3n) is 4.25. The van der Waals surface area contributed by atoms with Gasteiger partial charge >= 0.3 is 6.03 Å². The van der Waals surface area contributed by atoms with Crippen LogP contribution in [-0.4, -0.2) is 34.6 Å². The zero-order valence-electron chi connectivity index (χ0n) is 13.4. The number of nitrogens with zero attached hydrogens (tertiary/aromatic N) is 2. The van der Waals surface area contributed by atoms with Gasteiger partial charge in [-0.2, -0.15) is 0 Å². The molecule has 7 nitrogen and oxygen atoms in total. The van der Waals surface area contributed by atoms with Crippen molar-refractivity contribution in [1.29, 1.82) is 0 Å². The van der Waals surface area contributed by atoms with E-state index in [0.29, 0.717) is 11.8 Å².